The first-order chi connectivity index (χ1) is 9.78. The van der Waals surface area contributed by atoms with Crippen LogP contribution >= 0.6 is 0 Å². The van der Waals surface area contributed by atoms with Crippen LogP contribution in [0.2, 0.25) is 0 Å². The Balaban J connectivity index is 1.58. The lowest BCUT2D eigenvalue weighted by atomic mass is 10.3. The highest BCUT2D eigenvalue weighted by Gasteiger charge is 2.21. The van der Waals surface area contributed by atoms with Crippen molar-refractivity contribution in [3.8, 4) is 0 Å². The van der Waals surface area contributed by atoms with E-state index >= 15 is 0 Å². The van der Waals surface area contributed by atoms with E-state index < -0.39 is 0 Å². The average Bonchev–Trinajstić information content (AvgIpc) is 3.16. The van der Waals surface area contributed by atoms with Gasteiger partial charge in [-0.3, -0.25) is 4.90 Å². The number of rotatable bonds is 11. The molecule has 1 fully saturated rings. The summed E-state index contributed by atoms with van der Waals surface area (Å²) in [4.78, 5) is 2.21. The molecule has 5 nitrogen and oxygen atoms in total. The standard InChI is InChI=1S/C15H27N3O2/c1-3-6-16-10-14-9-15(20-17-14)11-18(2)7-8-19-12-13-4-5-13/h9,13,16H,3-8,10-12H2,1-2H3. The minimum absolute atomic E-state index is 0.783. The number of hydrogen-bond acceptors (Lipinski definition) is 5. The molecule has 20 heavy (non-hydrogen) atoms. The lowest BCUT2D eigenvalue weighted by molar-refractivity contribution is 0.0993. The molecule has 0 atom stereocenters. The van der Waals surface area contributed by atoms with Gasteiger partial charge in [-0.2, -0.15) is 0 Å². The first-order valence-electron chi connectivity index (χ1n) is 7.69. The fraction of sp³-hybridized carbons (Fsp3) is 0.800. The van der Waals surface area contributed by atoms with Gasteiger partial charge in [-0.25, -0.2) is 0 Å². The number of ether oxygens (including phenoxy) is 1. The molecule has 114 valence electrons. The molecule has 0 aromatic carbocycles. The quantitative estimate of drug-likeness (QED) is 0.629. The van der Waals surface area contributed by atoms with Crippen molar-refractivity contribution in [3.05, 3.63) is 17.5 Å². The van der Waals surface area contributed by atoms with Crippen molar-refractivity contribution in [2.24, 2.45) is 5.92 Å². The second-order valence-corrected chi connectivity index (χ2v) is 5.72. The van der Waals surface area contributed by atoms with E-state index in [0.717, 1.165) is 63.2 Å². The molecule has 2 rings (SSSR count). The summed E-state index contributed by atoms with van der Waals surface area (Å²) in [5.74, 6) is 1.76. The van der Waals surface area contributed by atoms with Crippen LogP contribution in [0.3, 0.4) is 0 Å². The highest BCUT2D eigenvalue weighted by molar-refractivity contribution is 5.04. The summed E-state index contributed by atoms with van der Waals surface area (Å²) >= 11 is 0. The van der Waals surface area contributed by atoms with Crippen LogP contribution in [0, 0.1) is 5.92 Å². The maximum absolute atomic E-state index is 5.64. The summed E-state index contributed by atoms with van der Waals surface area (Å²) in [5.41, 5.74) is 0.979. The van der Waals surface area contributed by atoms with Crippen molar-refractivity contribution in [2.45, 2.75) is 39.3 Å². The van der Waals surface area contributed by atoms with Gasteiger partial charge in [0.15, 0.2) is 5.76 Å². The van der Waals surface area contributed by atoms with Crippen molar-refractivity contribution in [2.75, 3.05) is 33.4 Å². The Bertz CT molecular complexity index is 377. The van der Waals surface area contributed by atoms with Crippen LogP contribution in [-0.2, 0) is 17.8 Å². The minimum atomic E-state index is 0.783. The van der Waals surface area contributed by atoms with Gasteiger partial charge >= 0.3 is 0 Å². The molecule has 0 aliphatic heterocycles. The molecular weight excluding hydrogens is 254 g/mol. The zero-order valence-corrected chi connectivity index (χ0v) is 12.7. The van der Waals surface area contributed by atoms with Gasteiger partial charge in [0, 0.05) is 25.8 Å². The molecule has 0 bridgehead atoms. The average molecular weight is 281 g/mol. The highest BCUT2D eigenvalue weighted by atomic mass is 16.5. The number of nitrogens with one attached hydrogen (secondary N) is 1. The molecule has 0 unspecified atom stereocenters. The molecule has 0 radical (unpaired) electrons. The first kappa shape index (κ1) is 15.5. The molecule has 1 aromatic rings. The summed E-state index contributed by atoms with van der Waals surface area (Å²) in [6.07, 6.45) is 3.83. The number of nitrogens with zero attached hydrogens (tertiary/aromatic N) is 2. The van der Waals surface area contributed by atoms with Crippen molar-refractivity contribution >= 4 is 0 Å². The molecule has 1 heterocycles. The van der Waals surface area contributed by atoms with Gasteiger partial charge in [0.05, 0.1) is 18.8 Å². The van der Waals surface area contributed by atoms with E-state index in [1.165, 1.54) is 12.8 Å². The van der Waals surface area contributed by atoms with Gasteiger partial charge < -0.3 is 14.6 Å². The molecule has 1 aliphatic carbocycles. The third-order valence-corrected chi connectivity index (χ3v) is 3.43. The third kappa shape index (κ3) is 6.03. The fourth-order valence-electron chi connectivity index (χ4n) is 2.01. The fourth-order valence-corrected chi connectivity index (χ4v) is 2.01. The van der Waals surface area contributed by atoms with E-state index in [1.54, 1.807) is 0 Å². The second kappa shape index (κ2) is 8.39. The van der Waals surface area contributed by atoms with Crippen molar-refractivity contribution < 1.29 is 9.26 Å². The number of aromatic nitrogens is 1. The van der Waals surface area contributed by atoms with Crippen LogP contribution < -0.4 is 5.32 Å². The van der Waals surface area contributed by atoms with Gasteiger partial charge in [0.2, 0.25) is 0 Å². The van der Waals surface area contributed by atoms with Gasteiger partial charge in [-0.15, -0.1) is 0 Å². The summed E-state index contributed by atoms with van der Waals surface area (Å²) in [7, 11) is 2.08. The SMILES string of the molecule is CCCNCc1cc(CN(C)CCOCC2CC2)on1. The topological polar surface area (TPSA) is 50.5 Å². The van der Waals surface area contributed by atoms with Crippen LogP contribution in [0.15, 0.2) is 10.6 Å². The molecule has 5 heteroatoms. The van der Waals surface area contributed by atoms with Crippen LogP contribution in [0.4, 0.5) is 0 Å². The molecule has 1 N–H and O–H groups in total. The van der Waals surface area contributed by atoms with Gasteiger partial charge in [-0.05, 0) is 38.8 Å². The Kier molecular flexibility index (Phi) is 6.50. The summed E-state index contributed by atoms with van der Waals surface area (Å²) in [6.45, 7) is 7.40. The highest BCUT2D eigenvalue weighted by Crippen LogP contribution is 2.28. The summed E-state index contributed by atoms with van der Waals surface area (Å²) in [6, 6.07) is 2.03. The van der Waals surface area contributed by atoms with E-state index in [-0.39, 0.29) is 0 Å². The second-order valence-electron chi connectivity index (χ2n) is 5.72. The first-order valence-corrected chi connectivity index (χ1v) is 7.69. The molecule has 0 saturated heterocycles. The zero-order chi connectivity index (χ0) is 14.2. The molecule has 0 spiro atoms. The zero-order valence-electron chi connectivity index (χ0n) is 12.7. The monoisotopic (exact) mass is 281 g/mol. The Morgan fingerprint density at radius 2 is 2.35 bits per heavy atom. The van der Waals surface area contributed by atoms with E-state index in [2.05, 4.69) is 29.3 Å². The third-order valence-electron chi connectivity index (χ3n) is 3.43. The van der Waals surface area contributed by atoms with Gasteiger partial charge in [0.25, 0.3) is 0 Å². The lowest BCUT2D eigenvalue weighted by Gasteiger charge is -2.14. The van der Waals surface area contributed by atoms with Crippen molar-refractivity contribution in [1.82, 2.24) is 15.4 Å². The van der Waals surface area contributed by atoms with E-state index in [0.29, 0.717) is 0 Å². The Morgan fingerprint density at radius 1 is 1.50 bits per heavy atom. The predicted octanol–water partition coefficient (Wildman–Crippen LogP) is 2.03. The Labute approximate surface area is 121 Å². The predicted molar refractivity (Wildman–Crippen MR) is 78.4 cm³/mol. The Morgan fingerprint density at radius 3 is 3.10 bits per heavy atom. The summed E-state index contributed by atoms with van der Waals surface area (Å²) < 4.78 is 11.0. The molecule has 1 aromatic heterocycles. The number of hydrogen-bond donors (Lipinski definition) is 1. The normalized spacial score (nSPS) is 15.2. The molecular formula is C15H27N3O2. The maximum Gasteiger partial charge on any atom is 0.151 e. The van der Waals surface area contributed by atoms with Crippen LogP contribution in [0.5, 0.6) is 0 Å². The maximum atomic E-state index is 5.64. The van der Waals surface area contributed by atoms with Crippen LogP contribution in [-0.4, -0.2) is 43.4 Å². The van der Waals surface area contributed by atoms with Crippen molar-refractivity contribution in [1.29, 1.82) is 0 Å². The minimum Gasteiger partial charge on any atom is -0.380 e. The van der Waals surface area contributed by atoms with E-state index in [9.17, 15) is 0 Å². The molecule has 1 saturated carbocycles. The Hall–Kier alpha value is -0.910. The molecule has 1 aliphatic rings. The van der Waals surface area contributed by atoms with Crippen LogP contribution in [0.25, 0.3) is 0 Å². The largest absolute Gasteiger partial charge is 0.380 e. The van der Waals surface area contributed by atoms with E-state index in [4.69, 9.17) is 9.26 Å². The van der Waals surface area contributed by atoms with Gasteiger partial charge in [-0.1, -0.05) is 12.1 Å². The lowest BCUT2D eigenvalue weighted by Crippen LogP contribution is -2.23. The van der Waals surface area contributed by atoms with E-state index in [1.807, 2.05) is 6.07 Å². The van der Waals surface area contributed by atoms with Crippen molar-refractivity contribution in [3.63, 3.8) is 0 Å². The smallest absolute Gasteiger partial charge is 0.151 e. The van der Waals surface area contributed by atoms with Crippen LogP contribution in [0.1, 0.15) is 37.6 Å². The summed E-state index contributed by atoms with van der Waals surface area (Å²) in [5, 5.41) is 7.39. The molecule has 0 amide bonds. The van der Waals surface area contributed by atoms with Gasteiger partial charge in [0.1, 0.15) is 0 Å². The number of likely N-dealkylation sites (N-methyl/N-ethyl adjacent to an activating group) is 1.